The number of aliphatic carboxylic acids is 1. The number of benzene rings is 2. The van der Waals surface area contributed by atoms with Gasteiger partial charge in [-0.3, -0.25) is 4.79 Å². The van der Waals surface area contributed by atoms with Gasteiger partial charge in [0.2, 0.25) is 5.91 Å². The molecule has 1 N–H and O–H groups in total. The molecule has 1 saturated heterocycles. The Labute approximate surface area is 121 Å². The fourth-order valence-electron chi connectivity index (χ4n) is 2.76. The van der Waals surface area contributed by atoms with Crippen LogP contribution in [0.4, 0.5) is 0 Å². The summed E-state index contributed by atoms with van der Waals surface area (Å²) in [7, 11) is 0. The third kappa shape index (κ3) is 2.42. The van der Waals surface area contributed by atoms with E-state index in [9.17, 15) is 19.8 Å². The number of carboxylic acid groups (broad SMARTS) is 1. The quantitative estimate of drug-likeness (QED) is 0.897. The van der Waals surface area contributed by atoms with Crippen LogP contribution >= 0.6 is 0 Å². The van der Waals surface area contributed by atoms with Crippen LogP contribution in [0.2, 0.25) is 0 Å². The SMILES string of the molecule is O=C([O-])[C@@H]1CC(=O)N(Cc2c(O)ccc3ccccc23)C1. The summed E-state index contributed by atoms with van der Waals surface area (Å²) in [4.78, 5) is 24.2. The first kappa shape index (κ1) is 13.4. The number of carbonyl (C=O) groups excluding carboxylic acids is 2. The van der Waals surface area contributed by atoms with E-state index in [1.807, 2.05) is 30.3 Å². The first-order chi connectivity index (χ1) is 10.1. The molecular formula is C16H14NO4-. The molecule has 3 rings (SSSR count). The molecule has 0 aliphatic carbocycles. The summed E-state index contributed by atoms with van der Waals surface area (Å²) in [6.45, 7) is 0.333. The molecule has 0 bridgehead atoms. The van der Waals surface area contributed by atoms with Crippen molar-refractivity contribution in [1.29, 1.82) is 0 Å². The normalized spacial score (nSPS) is 18.4. The van der Waals surface area contributed by atoms with Crippen molar-refractivity contribution >= 4 is 22.6 Å². The molecule has 1 amide bonds. The average Bonchev–Trinajstić information content (AvgIpc) is 2.84. The standard InChI is InChI=1S/C16H15NO4/c18-14-6-5-10-3-1-2-4-12(10)13(14)9-17-8-11(16(20)21)7-15(17)19/h1-6,11,18H,7-9H2,(H,20,21)/p-1/t11-/m1/s1. The van der Waals surface area contributed by atoms with Gasteiger partial charge in [0.25, 0.3) is 0 Å². The van der Waals surface area contributed by atoms with Crippen molar-refractivity contribution in [2.75, 3.05) is 6.54 Å². The fourth-order valence-corrected chi connectivity index (χ4v) is 2.76. The molecule has 108 valence electrons. The van der Waals surface area contributed by atoms with Gasteiger partial charge in [0, 0.05) is 37.0 Å². The molecule has 2 aromatic carbocycles. The topological polar surface area (TPSA) is 80.7 Å². The van der Waals surface area contributed by atoms with Gasteiger partial charge in [-0.1, -0.05) is 30.3 Å². The first-order valence-electron chi connectivity index (χ1n) is 6.74. The van der Waals surface area contributed by atoms with Gasteiger partial charge in [0.15, 0.2) is 0 Å². The zero-order valence-corrected chi connectivity index (χ0v) is 11.3. The van der Waals surface area contributed by atoms with Crippen LogP contribution in [0.5, 0.6) is 5.75 Å². The second-order valence-corrected chi connectivity index (χ2v) is 5.28. The van der Waals surface area contributed by atoms with Crippen molar-refractivity contribution in [3.8, 4) is 5.75 Å². The van der Waals surface area contributed by atoms with Crippen molar-refractivity contribution in [2.24, 2.45) is 5.92 Å². The third-order valence-corrected chi connectivity index (χ3v) is 3.91. The molecule has 0 saturated carbocycles. The van der Waals surface area contributed by atoms with Gasteiger partial charge in [0.05, 0.1) is 0 Å². The highest BCUT2D eigenvalue weighted by atomic mass is 16.4. The number of phenolic OH excluding ortho intramolecular Hbond substituents is 1. The lowest BCUT2D eigenvalue weighted by atomic mass is 10.0. The van der Waals surface area contributed by atoms with Crippen LogP contribution in [0.15, 0.2) is 36.4 Å². The summed E-state index contributed by atoms with van der Waals surface area (Å²) in [5.74, 6) is -2.09. The molecule has 1 fully saturated rings. The lowest BCUT2D eigenvalue weighted by Crippen LogP contribution is -2.33. The summed E-state index contributed by atoms with van der Waals surface area (Å²) in [5.41, 5.74) is 0.639. The number of hydrogen-bond donors (Lipinski definition) is 1. The van der Waals surface area contributed by atoms with E-state index in [0.29, 0.717) is 5.56 Å². The van der Waals surface area contributed by atoms with Gasteiger partial charge in [-0.05, 0) is 16.8 Å². The maximum Gasteiger partial charge on any atom is 0.223 e. The molecule has 1 atom stereocenters. The van der Waals surface area contributed by atoms with Crippen molar-refractivity contribution < 1.29 is 19.8 Å². The molecule has 0 spiro atoms. The Morgan fingerprint density at radius 2 is 2.05 bits per heavy atom. The maximum absolute atomic E-state index is 11.9. The van der Waals surface area contributed by atoms with Gasteiger partial charge in [0.1, 0.15) is 5.75 Å². The largest absolute Gasteiger partial charge is 0.550 e. The number of hydrogen-bond acceptors (Lipinski definition) is 4. The van der Waals surface area contributed by atoms with Crippen LogP contribution in [0.1, 0.15) is 12.0 Å². The first-order valence-corrected chi connectivity index (χ1v) is 6.74. The van der Waals surface area contributed by atoms with Crippen LogP contribution in [0.3, 0.4) is 0 Å². The molecule has 0 aromatic heterocycles. The van der Waals surface area contributed by atoms with Crippen LogP contribution in [-0.4, -0.2) is 28.4 Å². The molecular weight excluding hydrogens is 270 g/mol. The van der Waals surface area contributed by atoms with Gasteiger partial charge >= 0.3 is 0 Å². The van der Waals surface area contributed by atoms with Gasteiger partial charge in [-0.25, -0.2) is 0 Å². The molecule has 0 unspecified atom stereocenters. The van der Waals surface area contributed by atoms with E-state index >= 15 is 0 Å². The van der Waals surface area contributed by atoms with Crippen LogP contribution in [0.25, 0.3) is 10.8 Å². The highest BCUT2D eigenvalue weighted by Crippen LogP contribution is 2.30. The monoisotopic (exact) mass is 284 g/mol. The third-order valence-electron chi connectivity index (χ3n) is 3.91. The van der Waals surface area contributed by atoms with Crippen LogP contribution < -0.4 is 5.11 Å². The maximum atomic E-state index is 11.9. The van der Waals surface area contributed by atoms with Crippen molar-refractivity contribution in [2.45, 2.75) is 13.0 Å². The highest BCUT2D eigenvalue weighted by molar-refractivity contribution is 5.89. The van der Waals surface area contributed by atoms with Crippen LogP contribution in [0, 0.1) is 5.92 Å². The molecule has 1 heterocycles. The summed E-state index contributed by atoms with van der Waals surface area (Å²) < 4.78 is 0. The zero-order chi connectivity index (χ0) is 15.0. The van der Waals surface area contributed by atoms with Crippen molar-refractivity contribution in [1.82, 2.24) is 4.90 Å². The summed E-state index contributed by atoms with van der Waals surface area (Å²) in [5, 5.41) is 22.8. The zero-order valence-electron chi connectivity index (χ0n) is 11.3. The summed E-state index contributed by atoms with van der Waals surface area (Å²) in [6, 6.07) is 11.0. The Kier molecular flexibility index (Phi) is 3.25. The number of carbonyl (C=O) groups is 2. The second kappa shape index (κ2) is 5.09. The highest BCUT2D eigenvalue weighted by Gasteiger charge is 2.31. The molecule has 21 heavy (non-hydrogen) atoms. The number of rotatable bonds is 3. The van der Waals surface area contributed by atoms with E-state index < -0.39 is 11.9 Å². The smallest absolute Gasteiger partial charge is 0.223 e. The van der Waals surface area contributed by atoms with E-state index in [4.69, 9.17) is 0 Å². The lowest BCUT2D eigenvalue weighted by molar-refractivity contribution is -0.311. The fraction of sp³-hybridized carbons (Fsp3) is 0.250. The number of nitrogens with zero attached hydrogens (tertiary/aromatic N) is 1. The predicted octanol–water partition coefficient (Wildman–Crippen LogP) is 0.644. The second-order valence-electron chi connectivity index (χ2n) is 5.28. The van der Waals surface area contributed by atoms with Crippen molar-refractivity contribution in [3.63, 3.8) is 0 Å². The van der Waals surface area contributed by atoms with Gasteiger partial charge < -0.3 is 19.9 Å². The lowest BCUT2D eigenvalue weighted by Gasteiger charge is -2.19. The van der Waals surface area contributed by atoms with E-state index in [0.717, 1.165) is 10.8 Å². The minimum absolute atomic E-state index is 0.0339. The Hall–Kier alpha value is -2.56. The summed E-state index contributed by atoms with van der Waals surface area (Å²) >= 11 is 0. The van der Waals surface area contributed by atoms with E-state index in [-0.39, 0.29) is 31.2 Å². The van der Waals surface area contributed by atoms with Gasteiger partial charge in [-0.2, -0.15) is 0 Å². The minimum Gasteiger partial charge on any atom is -0.550 e. The minimum atomic E-state index is -1.20. The number of amides is 1. The Morgan fingerprint density at radius 3 is 2.76 bits per heavy atom. The van der Waals surface area contributed by atoms with Gasteiger partial charge in [-0.15, -0.1) is 0 Å². The Balaban J connectivity index is 1.93. The molecule has 2 aromatic rings. The van der Waals surface area contributed by atoms with E-state index in [1.54, 1.807) is 6.07 Å². The number of phenols is 1. The number of carboxylic acids is 1. The Bertz CT molecular complexity index is 725. The molecule has 5 nitrogen and oxygen atoms in total. The summed E-state index contributed by atoms with van der Waals surface area (Å²) in [6.07, 6.45) is -0.0339. The van der Waals surface area contributed by atoms with E-state index in [1.165, 1.54) is 4.90 Å². The molecule has 1 aliphatic rings. The average molecular weight is 284 g/mol. The molecule has 0 radical (unpaired) electrons. The number of aromatic hydroxyl groups is 1. The number of fused-ring (bicyclic) bond motifs is 1. The Morgan fingerprint density at radius 1 is 1.29 bits per heavy atom. The van der Waals surface area contributed by atoms with Crippen molar-refractivity contribution in [3.05, 3.63) is 42.0 Å². The molecule has 1 aliphatic heterocycles. The molecule has 5 heteroatoms. The number of likely N-dealkylation sites (tertiary alicyclic amines) is 1. The van der Waals surface area contributed by atoms with Crippen LogP contribution in [-0.2, 0) is 16.1 Å². The predicted molar refractivity (Wildman–Crippen MR) is 74.1 cm³/mol. The van der Waals surface area contributed by atoms with E-state index in [2.05, 4.69) is 0 Å².